The van der Waals surface area contributed by atoms with Crippen LogP contribution in [0.1, 0.15) is 56.2 Å². The molecule has 0 radical (unpaired) electrons. The summed E-state index contributed by atoms with van der Waals surface area (Å²) in [6.45, 7) is 7.53. The number of nitrogens with one attached hydrogen (secondary N) is 1. The monoisotopic (exact) mass is 267 g/mol. The molecule has 106 valence electrons. The molecule has 1 heterocycles. The van der Waals surface area contributed by atoms with E-state index in [2.05, 4.69) is 5.32 Å². The average Bonchev–Trinajstić information content (AvgIpc) is 2.77. The molecule has 1 aromatic heterocycles. The summed E-state index contributed by atoms with van der Waals surface area (Å²) >= 11 is 0. The molecule has 0 spiro atoms. The number of rotatable bonds is 6. The lowest BCUT2D eigenvalue weighted by atomic mass is 9.90. The molecule has 0 aromatic carbocycles. The van der Waals surface area contributed by atoms with Crippen molar-refractivity contribution in [3.8, 4) is 0 Å². The summed E-state index contributed by atoms with van der Waals surface area (Å²) in [5.41, 5.74) is 0.00660. The third kappa shape index (κ3) is 3.84. The first-order valence-electron chi connectivity index (χ1n) is 6.34. The van der Waals surface area contributed by atoms with E-state index in [-0.39, 0.29) is 11.8 Å². The van der Waals surface area contributed by atoms with E-state index in [4.69, 9.17) is 9.52 Å². The number of amides is 1. The SMILES string of the molecule is CC(C)c1ccoc1C(=O)NCCC(C)(C)C(=O)O. The minimum absolute atomic E-state index is 0.204. The lowest BCUT2D eigenvalue weighted by Crippen LogP contribution is -2.32. The molecule has 1 aromatic rings. The standard InChI is InChI=1S/C14H21NO4/c1-9(2)10-5-8-19-11(10)12(16)15-7-6-14(3,4)13(17)18/h5,8-9H,6-7H2,1-4H3,(H,15,16)(H,17,18). The number of hydrogen-bond donors (Lipinski definition) is 2. The van der Waals surface area contributed by atoms with Crippen LogP contribution in [-0.4, -0.2) is 23.5 Å². The van der Waals surface area contributed by atoms with E-state index in [0.717, 1.165) is 5.56 Å². The Kier molecular flexibility index (Phi) is 4.75. The number of carbonyl (C=O) groups excluding carboxylic acids is 1. The van der Waals surface area contributed by atoms with Crippen LogP contribution in [0.15, 0.2) is 16.7 Å². The Labute approximate surface area is 113 Å². The Morgan fingerprint density at radius 2 is 2.05 bits per heavy atom. The van der Waals surface area contributed by atoms with Gasteiger partial charge in [-0.1, -0.05) is 13.8 Å². The van der Waals surface area contributed by atoms with Crippen molar-refractivity contribution in [1.29, 1.82) is 0 Å². The fraction of sp³-hybridized carbons (Fsp3) is 0.571. The smallest absolute Gasteiger partial charge is 0.309 e. The van der Waals surface area contributed by atoms with Crippen molar-refractivity contribution >= 4 is 11.9 Å². The van der Waals surface area contributed by atoms with Crippen LogP contribution in [0.5, 0.6) is 0 Å². The Hall–Kier alpha value is -1.78. The second kappa shape index (κ2) is 5.91. The van der Waals surface area contributed by atoms with E-state index in [1.807, 2.05) is 13.8 Å². The maximum atomic E-state index is 11.9. The van der Waals surface area contributed by atoms with Crippen molar-refractivity contribution in [1.82, 2.24) is 5.32 Å². The highest BCUT2D eigenvalue weighted by Gasteiger charge is 2.27. The molecule has 0 fully saturated rings. The van der Waals surface area contributed by atoms with Crippen LogP contribution >= 0.6 is 0 Å². The normalized spacial score (nSPS) is 11.6. The quantitative estimate of drug-likeness (QED) is 0.830. The molecule has 0 aliphatic rings. The van der Waals surface area contributed by atoms with E-state index >= 15 is 0 Å². The average molecular weight is 267 g/mol. The molecule has 1 amide bonds. The zero-order valence-corrected chi connectivity index (χ0v) is 11.8. The molecule has 0 saturated heterocycles. The summed E-state index contributed by atoms with van der Waals surface area (Å²) < 4.78 is 5.19. The lowest BCUT2D eigenvalue weighted by molar-refractivity contribution is -0.147. The van der Waals surface area contributed by atoms with Crippen molar-refractivity contribution in [2.75, 3.05) is 6.54 Å². The van der Waals surface area contributed by atoms with Crippen LogP contribution in [0, 0.1) is 5.41 Å². The van der Waals surface area contributed by atoms with Gasteiger partial charge >= 0.3 is 5.97 Å². The summed E-state index contributed by atoms with van der Waals surface area (Å²) in [6.07, 6.45) is 1.86. The highest BCUT2D eigenvalue weighted by atomic mass is 16.4. The van der Waals surface area contributed by atoms with Crippen molar-refractivity contribution in [3.05, 3.63) is 23.7 Å². The maximum Gasteiger partial charge on any atom is 0.309 e. The number of carbonyl (C=O) groups is 2. The number of furan rings is 1. The number of carboxylic acid groups (broad SMARTS) is 1. The second-order valence-electron chi connectivity index (χ2n) is 5.55. The van der Waals surface area contributed by atoms with E-state index in [0.29, 0.717) is 18.7 Å². The summed E-state index contributed by atoms with van der Waals surface area (Å²) in [4.78, 5) is 22.9. The van der Waals surface area contributed by atoms with E-state index in [9.17, 15) is 9.59 Å². The largest absolute Gasteiger partial charge is 0.481 e. The predicted molar refractivity (Wildman–Crippen MR) is 71.2 cm³/mol. The lowest BCUT2D eigenvalue weighted by Gasteiger charge is -2.18. The third-order valence-electron chi connectivity index (χ3n) is 3.14. The molecule has 0 atom stereocenters. The molecule has 0 saturated carbocycles. The second-order valence-corrected chi connectivity index (χ2v) is 5.55. The molecular weight excluding hydrogens is 246 g/mol. The summed E-state index contributed by atoms with van der Waals surface area (Å²) in [7, 11) is 0. The zero-order valence-electron chi connectivity index (χ0n) is 11.8. The van der Waals surface area contributed by atoms with Gasteiger partial charge < -0.3 is 14.8 Å². The summed E-state index contributed by atoms with van der Waals surface area (Å²) in [6, 6.07) is 1.78. The molecule has 0 bridgehead atoms. The Balaban J connectivity index is 2.57. The summed E-state index contributed by atoms with van der Waals surface area (Å²) in [5.74, 6) is -0.657. The number of carboxylic acids is 1. The molecule has 1 rings (SSSR count). The number of aliphatic carboxylic acids is 1. The van der Waals surface area contributed by atoms with Gasteiger partial charge in [-0.15, -0.1) is 0 Å². The van der Waals surface area contributed by atoms with E-state index in [1.54, 1.807) is 19.9 Å². The minimum atomic E-state index is -0.873. The van der Waals surface area contributed by atoms with Crippen LogP contribution in [0.3, 0.4) is 0 Å². The van der Waals surface area contributed by atoms with Gasteiger partial charge in [0, 0.05) is 12.1 Å². The maximum absolute atomic E-state index is 11.9. The van der Waals surface area contributed by atoms with Gasteiger partial charge in [0.25, 0.3) is 5.91 Å². The number of hydrogen-bond acceptors (Lipinski definition) is 3. The molecule has 2 N–H and O–H groups in total. The van der Waals surface area contributed by atoms with Gasteiger partial charge in [-0.25, -0.2) is 0 Å². The van der Waals surface area contributed by atoms with Crippen LogP contribution < -0.4 is 5.32 Å². The van der Waals surface area contributed by atoms with Crippen molar-refractivity contribution in [3.63, 3.8) is 0 Å². The minimum Gasteiger partial charge on any atom is -0.481 e. The van der Waals surface area contributed by atoms with E-state index in [1.165, 1.54) is 6.26 Å². The highest BCUT2D eigenvalue weighted by Crippen LogP contribution is 2.21. The highest BCUT2D eigenvalue weighted by molar-refractivity contribution is 5.93. The van der Waals surface area contributed by atoms with Gasteiger partial charge in [0.05, 0.1) is 11.7 Å². The molecule has 0 unspecified atom stereocenters. The Bertz CT molecular complexity index is 460. The van der Waals surface area contributed by atoms with Crippen molar-refractivity contribution in [2.24, 2.45) is 5.41 Å². The Morgan fingerprint density at radius 1 is 1.42 bits per heavy atom. The van der Waals surface area contributed by atoms with Crippen LogP contribution in [0.2, 0.25) is 0 Å². The summed E-state index contributed by atoms with van der Waals surface area (Å²) in [5, 5.41) is 11.7. The van der Waals surface area contributed by atoms with Crippen LogP contribution in [0.25, 0.3) is 0 Å². The molecule has 5 nitrogen and oxygen atoms in total. The zero-order chi connectivity index (χ0) is 14.6. The molecular formula is C14H21NO4. The molecule has 5 heteroatoms. The van der Waals surface area contributed by atoms with Crippen LogP contribution in [-0.2, 0) is 4.79 Å². The van der Waals surface area contributed by atoms with Gasteiger partial charge in [0.15, 0.2) is 5.76 Å². The predicted octanol–water partition coefficient (Wildman–Crippen LogP) is 2.63. The van der Waals surface area contributed by atoms with Gasteiger partial charge in [-0.2, -0.15) is 0 Å². The Morgan fingerprint density at radius 3 is 2.58 bits per heavy atom. The first-order chi connectivity index (χ1) is 8.75. The van der Waals surface area contributed by atoms with E-state index < -0.39 is 11.4 Å². The van der Waals surface area contributed by atoms with Gasteiger partial charge in [-0.3, -0.25) is 9.59 Å². The topological polar surface area (TPSA) is 79.5 Å². The molecule has 0 aliphatic carbocycles. The molecule has 0 aliphatic heterocycles. The van der Waals surface area contributed by atoms with Crippen LogP contribution in [0.4, 0.5) is 0 Å². The van der Waals surface area contributed by atoms with Crippen molar-refractivity contribution < 1.29 is 19.1 Å². The first-order valence-corrected chi connectivity index (χ1v) is 6.34. The van der Waals surface area contributed by atoms with Gasteiger partial charge in [0.2, 0.25) is 0 Å². The fourth-order valence-electron chi connectivity index (χ4n) is 1.63. The van der Waals surface area contributed by atoms with Gasteiger partial charge in [0.1, 0.15) is 0 Å². The molecule has 19 heavy (non-hydrogen) atoms. The third-order valence-corrected chi connectivity index (χ3v) is 3.14. The van der Waals surface area contributed by atoms with Gasteiger partial charge in [-0.05, 0) is 32.3 Å². The van der Waals surface area contributed by atoms with Crippen molar-refractivity contribution in [2.45, 2.75) is 40.0 Å². The fourth-order valence-corrected chi connectivity index (χ4v) is 1.63. The first kappa shape index (κ1) is 15.3.